The summed E-state index contributed by atoms with van der Waals surface area (Å²) in [6.45, 7) is 0. The van der Waals surface area contributed by atoms with Gasteiger partial charge in [-0.05, 0) is 50.3 Å². The lowest BCUT2D eigenvalue weighted by Gasteiger charge is -2.15. The van der Waals surface area contributed by atoms with Gasteiger partial charge in [-0.1, -0.05) is 6.07 Å². The Labute approximate surface area is 102 Å². The van der Waals surface area contributed by atoms with Gasteiger partial charge in [0.15, 0.2) is 0 Å². The summed E-state index contributed by atoms with van der Waals surface area (Å²) in [7, 11) is 3.55. The highest BCUT2D eigenvalue weighted by molar-refractivity contribution is 5.29. The highest BCUT2D eigenvalue weighted by atomic mass is 19.1. The van der Waals surface area contributed by atoms with Crippen molar-refractivity contribution in [3.8, 4) is 5.75 Å². The molecule has 0 amide bonds. The van der Waals surface area contributed by atoms with Gasteiger partial charge in [0, 0.05) is 12.1 Å². The lowest BCUT2D eigenvalue weighted by atomic mass is 10.0. The topological polar surface area (TPSA) is 21.3 Å². The molecule has 0 bridgehead atoms. The fraction of sp³-hybridized carbons (Fsp3) is 0.571. The normalized spacial score (nSPS) is 16.9. The minimum absolute atomic E-state index is 0.157. The molecule has 0 aliphatic heterocycles. The van der Waals surface area contributed by atoms with Crippen LogP contribution in [0.25, 0.3) is 0 Å². The molecule has 1 atom stereocenters. The first kappa shape index (κ1) is 12.4. The molecule has 3 heteroatoms. The predicted octanol–water partition coefficient (Wildman–Crippen LogP) is 2.76. The van der Waals surface area contributed by atoms with Crippen molar-refractivity contribution in [3.05, 3.63) is 29.6 Å². The summed E-state index contributed by atoms with van der Waals surface area (Å²) in [6.07, 6.45) is 4.43. The second-order valence-corrected chi connectivity index (χ2v) is 4.73. The van der Waals surface area contributed by atoms with Gasteiger partial charge in [-0.25, -0.2) is 4.39 Å². The molecule has 0 spiro atoms. The molecule has 1 aromatic rings. The molecule has 2 rings (SSSR count). The largest absolute Gasteiger partial charge is 0.497 e. The van der Waals surface area contributed by atoms with E-state index in [2.05, 4.69) is 5.32 Å². The van der Waals surface area contributed by atoms with Gasteiger partial charge in [0.2, 0.25) is 0 Å². The Morgan fingerprint density at radius 2 is 2.24 bits per heavy atom. The Morgan fingerprint density at radius 3 is 2.76 bits per heavy atom. The Morgan fingerprint density at radius 1 is 1.47 bits per heavy atom. The Bertz CT molecular complexity index is 376. The highest BCUT2D eigenvalue weighted by Crippen LogP contribution is 2.34. The van der Waals surface area contributed by atoms with Crippen molar-refractivity contribution in [1.82, 2.24) is 5.32 Å². The first-order chi connectivity index (χ1) is 8.24. The molecule has 17 heavy (non-hydrogen) atoms. The van der Waals surface area contributed by atoms with Crippen LogP contribution in [0.4, 0.5) is 4.39 Å². The molecule has 1 N–H and O–H groups in total. The van der Waals surface area contributed by atoms with E-state index in [9.17, 15) is 4.39 Å². The third-order valence-electron chi connectivity index (χ3n) is 3.55. The fourth-order valence-corrected chi connectivity index (χ4v) is 2.28. The molecule has 0 heterocycles. The zero-order chi connectivity index (χ0) is 12.3. The fourth-order valence-electron chi connectivity index (χ4n) is 2.28. The van der Waals surface area contributed by atoms with Crippen molar-refractivity contribution in [1.29, 1.82) is 0 Å². The molecule has 1 unspecified atom stereocenters. The SMILES string of the molecule is CNC(CCc1ccc(OC)cc1F)C1CC1. The Balaban J connectivity index is 1.93. The standard InChI is InChI=1S/C14H20FNO/c1-16-14(11-3-4-11)8-6-10-5-7-12(17-2)9-13(10)15/h5,7,9,11,14,16H,3-4,6,8H2,1-2H3. The maximum absolute atomic E-state index is 13.7. The van der Waals surface area contributed by atoms with Gasteiger partial charge < -0.3 is 10.1 Å². The van der Waals surface area contributed by atoms with Gasteiger partial charge in [0.05, 0.1) is 7.11 Å². The summed E-state index contributed by atoms with van der Waals surface area (Å²) in [5, 5.41) is 3.33. The van der Waals surface area contributed by atoms with Gasteiger partial charge in [-0.3, -0.25) is 0 Å². The van der Waals surface area contributed by atoms with Crippen LogP contribution in [-0.4, -0.2) is 20.2 Å². The van der Waals surface area contributed by atoms with Crippen molar-refractivity contribution in [2.75, 3.05) is 14.2 Å². The minimum atomic E-state index is -0.157. The molecule has 0 radical (unpaired) electrons. The van der Waals surface area contributed by atoms with E-state index in [1.165, 1.54) is 18.9 Å². The zero-order valence-electron chi connectivity index (χ0n) is 10.5. The van der Waals surface area contributed by atoms with Crippen LogP contribution in [0.3, 0.4) is 0 Å². The number of nitrogens with one attached hydrogen (secondary N) is 1. The molecule has 1 saturated carbocycles. The smallest absolute Gasteiger partial charge is 0.130 e. The second kappa shape index (κ2) is 5.50. The van der Waals surface area contributed by atoms with Crippen molar-refractivity contribution in [2.45, 2.75) is 31.7 Å². The number of methoxy groups -OCH3 is 1. The average Bonchev–Trinajstić information content (AvgIpc) is 3.16. The molecule has 1 aromatic carbocycles. The van der Waals surface area contributed by atoms with Crippen molar-refractivity contribution in [2.24, 2.45) is 5.92 Å². The lowest BCUT2D eigenvalue weighted by molar-refractivity contribution is 0.410. The van der Waals surface area contributed by atoms with Crippen LogP contribution in [-0.2, 0) is 6.42 Å². The van der Waals surface area contributed by atoms with Crippen LogP contribution in [0.15, 0.2) is 18.2 Å². The Kier molecular flexibility index (Phi) is 4.00. The van der Waals surface area contributed by atoms with Crippen LogP contribution in [0.2, 0.25) is 0 Å². The van der Waals surface area contributed by atoms with E-state index in [0.29, 0.717) is 11.8 Å². The van der Waals surface area contributed by atoms with E-state index in [1.807, 2.05) is 19.2 Å². The lowest BCUT2D eigenvalue weighted by Crippen LogP contribution is -2.27. The number of rotatable bonds is 6. The van der Waals surface area contributed by atoms with E-state index in [0.717, 1.165) is 24.3 Å². The molecule has 1 fully saturated rings. The first-order valence-corrected chi connectivity index (χ1v) is 6.24. The van der Waals surface area contributed by atoms with E-state index in [4.69, 9.17) is 4.74 Å². The van der Waals surface area contributed by atoms with Gasteiger partial charge >= 0.3 is 0 Å². The third kappa shape index (κ3) is 3.19. The zero-order valence-corrected chi connectivity index (χ0v) is 10.5. The second-order valence-electron chi connectivity index (χ2n) is 4.73. The van der Waals surface area contributed by atoms with Crippen LogP contribution < -0.4 is 10.1 Å². The summed E-state index contributed by atoms with van der Waals surface area (Å²) in [5.41, 5.74) is 0.784. The molecular formula is C14H20FNO. The van der Waals surface area contributed by atoms with Crippen LogP contribution >= 0.6 is 0 Å². The Hall–Kier alpha value is -1.09. The number of halogens is 1. The van der Waals surface area contributed by atoms with E-state index in [-0.39, 0.29) is 5.82 Å². The summed E-state index contributed by atoms with van der Waals surface area (Å²) in [6, 6.07) is 5.65. The van der Waals surface area contributed by atoms with Crippen molar-refractivity contribution < 1.29 is 9.13 Å². The molecule has 0 saturated heterocycles. The van der Waals surface area contributed by atoms with Gasteiger partial charge in [0.25, 0.3) is 0 Å². The molecule has 2 nitrogen and oxygen atoms in total. The van der Waals surface area contributed by atoms with Crippen LogP contribution in [0.5, 0.6) is 5.75 Å². The van der Waals surface area contributed by atoms with Gasteiger partial charge in [-0.15, -0.1) is 0 Å². The third-order valence-corrected chi connectivity index (χ3v) is 3.55. The number of hydrogen-bond acceptors (Lipinski definition) is 2. The van der Waals surface area contributed by atoms with Gasteiger partial charge in [-0.2, -0.15) is 0 Å². The van der Waals surface area contributed by atoms with Gasteiger partial charge in [0.1, 0.15) is 11.6 Å². The summed E-state index contributed by atoms with van der Waals surface area (Å²) < 4.78 is 18.7. The summed E-state index contributed by atoms with van der Waals surface area (Å²) in [4.78, 5) is 0. The molecular weight excluding hydrogens is 217 g/mol. The summed E-state index contributed by atoms with van der Waals surface area (Å²) >= 11 is 0. The monoisotopic (exact) mass is 237 g/mol. The average molecular weight is 237 g/mol. The van der Waals surface area contributed by atoms with E-state index >= 15 is 0 Å². The number of benzene rings is 1. The minimum Gasteiger partial charge on any atom is -0.497 e. The number of aryl methyl sites for hydroxylation is 1. The molecule has 1 aliphatic carbocycles. The highest BCUT2D eigenvalue weighted by Gasteiger charge is 2.29. The molecule has 1 aliphatic rings. The maximum atomic E-state index is 13.7. The first-order valence-electron chi connectivity index (χ1n) is 6.24. The van der Waals surface area contributed by atoms with Crippen LogP contribution in [0, 0.1) is 11.7 Å². The van der Waals surface area contributed by atoms with Crippen molar-refractivity contribution >= 4 is 0 Å². The van der Waals surface area contributed by atoms with E-state index in [1.54, 1.807) is 7.11 Å². The summed E-state index contributed by atoms with van der Waals surface area (Å²) in [5.74, 6) is 1.23. The number of ether oxygens (including phenoxy) is 1. The molecule has 0 aromatic heterocycles. The maximum Gasteiger partial charge on any atom is 0.130 e. The number of hydrogen-bond donors (Lipinski definition) is 1. The van der Waals surface area contributed by atoms with Crippen LogP contribution in [0.1, 0.15) is 24.8 Å². The molecule has 94 valence electrons. The van der Waals surface area contributed by atoms with E-state index < -0.39 is 0 Å². The predicted molar refractivity (Wildman–Crippen MR) is 66.8 cm³/mol. The van der Waals surface area contributed by atoms with Crippen molar-refractivity contribution in [3.63, 3.8) is 0 Å². The quantitative estimate of drug-likeness (QED) is 0.821.